The van der Waals surface area contributed by atoms with Gasteiger partial charge in [0.25, 0.3) is 0 Å². The summed E-state index contributed by atoms with van der Waals surface area (Å²) in [6, 6.07) is 10.4. The van der Waals surface area contributed by atoms with Crippen LogP contribution in [0.1, 0.15) is 71.8 Å². The Morgan fingerprint density at radius 1 is 0.929 bits per heavy atom. The molecule has 0 radical (unpaired) electrons. The molecule has 1 aromatic rings. The third-order valence-corrected chi connectivity index (χ3v) is 9.20. The van der Waals surface area contributed by atoms with E-state index in [9.17, 15) is 4.79 Å². The predicted octanol–water partition coefficient (Wildman–Crippen LogP) is 6.85. The molecule has 1 aromatic carbocycles. The van der Waals surface area contributed by atoms with Crippen molar-refractivity contribution in [3.63, 3.8) is 0 Å². The summed E-state index contributed by atoms with van der Waals surface area (Å²) < 4.78 is 0. The lowest BCUT2D eigenvalue weighted by molar-refractivity contribution is -0.154. The Bertz CT molecular complexity index is 875. The van der Waals surface area contributed by atoms with Crippen LogP contribution in [0.15, 0.2) is 48.1 Å². The number of carbonyl (C=O) groups is 1. The number of Topliss-reactive ketones (excluding diaryl/α,β-unsaturated/α-hetero) is 1. The third-order valence-electron chi connectivity index (χ3n) is 9.20. The minimum absolute atomic E-state index is 0.215. The first-order chi connectivity index (χ1) is 13.2. The van der Waals surface area contributed by atoms with Gasteiger partial charge < -0.3 is 0 Å². The Kier molecular flexibility index (Phi) is 3.75. The highest BCUT2D eigenvalue weighted by molar-refractivity contribution is 6.04. The highest BCUT2D eigenvalue weighted by Crippen LogP contribution is 2.71. The van der Waals surface area contributed by atoms with Gasteiger partial charge >= 0.3 is 0 Å². The molecule has 3 saturated carbocycles. The van der Waals surface area contributed by atoms with Crippen LogP contribution in [0.4, 0.5) is 0 Å². The van der Waals surface area contributed by atoms with Crippen LogP contribution in [-0.2, 0) is 4.79 Å². The first-order valence-corrected chi connectivity index (χ1v) is 11.2. The van der Waals surface area contributed by atoms with Crippen molar-refractivity contribution in [2.75, 3.05) is 0 Å². The van der Waals surface area contributed by atoms with E-state index in [2.05, 4.69) is 70.2 Å². The summed E-state index contributed by atoms with van der Waals surface area (Å²) in [7, 11) is 0. The Morgan fingerprint density at radius 3 is 2.39 bits per heavy atom. The monoisotopic (exact) mass is 374 g/mol. The summed E-state index contributed by atoms with van der Waals surface area (Å²) in [4.78, 5) is 13.5. The molecule has 3 fully saturated rings. The summed E-state index contributed by atoms with van der Waals surface area (Å²) in [5.74, 6) is 1.59. The molecular formula is C27H34O. The Balaban J connectivity index is 1.59. The molecule has 0 aromatic heterocycles. The predicted molar refractivity (Wildman–Crippen MR) is 116 cm³/mol. The molecule has 0 N–H and O–H groups in total. The summed E-state index contributed by atoms with van der Waals surface area (Å²) in [5, 5.41) is 0. The molecule has 2 bridgehead atoms. The van der Waals surface area contributed by atoms with E-state index in [-0.39, 0.29) is 10.8 Å². The molecule has 28 heavy (non-hydrogen) atoms. The number of allylic oxidation sites excluding steroid dienone is 3. The van der Waals surface area contributed by atoms with Crippen LogP contribution in [0, 0.1) is 33.5 Å². The molecule has 148 valence electrons. The first kappa shape index (κ1) is 18.4. The maximum atomic E-state index is 13.5. The molecule has 0 amide bonds. The van der Waals surface area contributed by atoms with Crippen molar-refractivity contribution in [1.29, 1.82) is 0 Å². The lowest BCUT2D eigenvalue weighted by Crippen LogP contribution is -2.59. The van der Waals surface area contributed by atoms with Crippen molar-refractivity contribution in [1.82, 2.24) is 0 Å². The molecule has 5 atom stereocenters. The number of hydrogen-bond acceptors (Lipinski definition) is 1. The molecule has 5 rings (SSSR count). The van der Waals surface area contributed by atoms with E-state index in [1.165, 1.54) is 32.1 Å². The van der Waals surface area contributed by atoms with Crippen molar-refractivity contribution in [3.05, 3.63) is 53.6 Å². The minimum Gasteiger partial charge on any atom is -0.294 e. The normalized spacial score (nSPS) is 45.0. The number of carbonyl (C=O) groups excluding carboxylic acids is 1. The largest absolute Gasteiger partial charge is 0.294 e. The van der Waals surface area contributed by atoms with E-state index < -0.39 is 0 Å². The van der Waals surface area contributed by atoms with Crippen LogP contribution >= 0.6 is 0 Å². The van der Waals surface area contributed by atoms with Gasteiger partial charge in [0.05, 0.1) is 0 Å². The standard InChI is InChI=1S/C27H34O/c1-24(2)21-11-13-27-15-14-25(3,18-27)12-10-22(27)26(21,4)17-20(23(24)28)16-19-8-6-5-7-9-19/h5-9,14-16,21-22H,10-13,17-18H2,1-4H3. The van der Waals surface area contributed by atoms with Crippen LogP contribution in [0.3, 0.4) is 0 Å². The zero-order chi connectivity index (χ0) is 19.8. The Hall–Kier alpha value is -1.63. The van der Waals surface area contributed by atoms with E-state index in [0.29, 0.717) is 28.4 Å². The second-order valence-electron chi connectivity index (χ2n) is 11.4. The Morgan fingerprint density at radius 2 is 1.64 bits per heavy atom. The van der Waals surface area contributed by atoms with Gasteiger partial charge in [-0.2, -0.15) is 0 Å². The fraction of sp³-hybridized carbons (Fsp3) is 0.593. The topological polar surface area (TPSA) is 17.1 Å². The van der Waals surface area contributed by atoms with Gasteiger partial charge in [0, 0.05) is 5.41 Å². The number of fused-ring (bicyclic) bond motifs is 3. The third kappa shape index (κ3) is 2.41. The highest BCUT2D eigenvalue weighted by Gasteiger charge is 2.65. The molecule has 5 unspecified atom stereocenters. The van der Waals surface area contributed by atoms with Gasteiger partial charge in [-0.3, -0.25) is 4.79 Å². The fourth-order valence-electron chi connectivity index (χ4n) is 8.09. The van der Waals surface area contributed by atoms with Crippen molar-refractivity contribution in [2.45, 2.75) is 66.2 Å². The molecule has 1 heteroatoms. The maximum absolute atomic E-state index is 13.5. The van der Waals surface area contributed by atoms with Gasteiger partial charge in [0.1, 0.15) is 0 Å². The molecule has 1 spiro atoms. The van der Waals surface area contributed by atoms with E-state index in [0.717, 1.165) is 17.6 Å². The summed E-state index contributed by atoms with van der Waals surface area (Å²) >= 11 is 0. The quantitative estimate of drug-likeness (QED) is 0.388. The molecule has 0 aliphatic heterocycles. The van der Waals surface area contributed by atoms with Crippen molar-refractivity contribution >= 4 is 11.9 Å². The molecule has 4 aliphatic rings. The average Bonchev–Trinajstić information content (AvgIpc) is 2.89. The SMILES string of the molecule is CC12C=CC3(CCC4C(C)(C)C(=O)C(=Cc5ccccc5)CC4(C)C3CC1)C2. The summed E-state index contributed by atoms with van der Waals surface area (Å²) in [6.07, 6.45) is 14.7. The van der Waals surface area contributed by atoms with Crippen molar-refractivity contribution in [3.8, 4) is 0 Å². The molecule has 0 saturated heterocycles. The summed E-state index contributed by atoms with van der Waals surface area (Å²) in [6.45, 7) is 9.44. The van der Waals surface area contributed by atoms with Gasteiger partial charge in [-0.15, -0.1) is 0 Å². The lowest BCUT2D eigenvalue weighted by Gasteiger charge is -2.64. The number of benzene rings is 1. The number of ketones is 1. The van der Waals surface area contributed by atoms with Gasteiger partial charge in [-0.25, -0.2) is 0 Å². The van der Waals surface area contributed by atoms with Gasteiger partial charge in [0.2, 0.25) is 0 Å². The molecule has 0 heterocycles. The number of hydrogen-bond donors (Lipinski definition) is 0. The van der Waals surface area contributed by atoms with Crippen LogP contribution in [0.2, 0.25) is 0 Å². The van der Waals surface area contributed by atoms with Crippen LogP contribution in [-0.4, -0.2) is 5.78 Å². The zero-order valence-corrected chi connectivity index (χ0v) is 17.9. The first-order valence-electron chi connectivity index (χ1n) is 11.2. The fourth-order valence-corrected chi connectivity index (χ4v) is 8.09. The van der Waals surface area contributed by atoms with Gasteiger partial charge in [0.15, 0.2) is 5.78 Å². The van der Waals surface area contributed by atoms with Crippen molar-refractivity contribution < 1.29 is 4.79 Å². The molecular weight excluding hydrogens is 340 g/mol. The molecule has 4 aliphatic carbocycles. The zero-order valence-electron chi connectivity index (χ0n) is 17.9. The lowest BCUT2D eigenvalue weighted by atomic mass is 9.40. The summed E-state index contributed by atoms with van der Waals surface area (Å²) in [5.41, 5.74) is 2.97. The highest BCUT2D eigenvalue weighted by atomic mass is 16.1. The van der Waals surface area contributed by atoms with Crippen LogP contribution in [0.25, 0.3) is 6.08 Å². The van der Waals surface area contributed by atoms with Crippen molar-refractivity contribution in [2.24, 2.45) is 33.5 Å². The molecule has 1 nitrogen and oxygen atoms in total. The Labute approximate surface area is 170 Å². The number of rotatable bonds is 1. The van der Waals surface area contributed by atoms with Gasteiger partial charge in [-0.05, 0) is 83.8 Å². The van der Waals surface area contributed by atoms with Crippen LogP contribution in [0.5, 0.6) is 0 Å². The second kappa shape index (κ2) is 5.71. The maximum Gasteiger partial charge on any atom is 0.164 e. The average molecular weight is 375 g/mol. The van der Waals surface area contributed by atoms with Crippen LogP contribution < -0.4 is 0 Å². The van der Waals surface area contributed by atoms with E-state index >= 15 is 0 Å². The van der Waals surface area contributed by atoms with Gasteiger partial charge in [-0.1, -0.05) is 70.2 Å². The van der Waals surface area contributed by atoms with E-state index in [1.54, 1.807) is 0 Å². The second-order valence-corrected chi connectivity index (χ2v) is 11.4. The minimum atomic E-state index is -0.266. The van der Waals surface area contributed by atoms with E-state index in [1.807, 2.05) is 6.07 Å². The smallest absolute Gasteiger partial charge is 0.164 e. The van der Waals surface area contributed by atoms with E-state index in [4.69, 9.17) is 0 Å².